The number of hydrogen-bond acceptors (Lipinski definition) is 3. The van der Waals surface area contributed by atoms with Crippen molar-refractivity contribution >= 4 is 15.9 Å². The average molecular weight is 414 g/mol. The number of rotatable bonds is 7. The minimum Gasteiger partial charge on any atom is -0.351 e. The van der Waals surface area contributed by atoms with Crippen LogP contribution in [0.4, 0.5) is 13.2 Å². The zero-order chi connectivity index (χ0) is 20.9. The molecule has 0 heterocycles. The molecular formula is C19H21F3N2O3S. The maximum atomic E-state index is 12.9. The van der Waals surface area contributed by atoms with E-state index in [9.17, 15) is 26.4 Å². The largest absolute Gasteiger partial charge is 0.416 e. The quantitative estimate of drug-likeness (QED) is 0.730. The Morgan fingerprint density at radius 2 is 1.68 bits per heavy atom. The van der Waals surface area contributed by atoms with Crippen molar-refractivity contribution in [2.75, 3.05) is 0 Å². The Balaban J connectivity index is 2.17. The molecule has 0 saturated carbocycles. The van der Waals surface area contributed by atoms with Crippen LogP contribution in [-0.2, 0) is 27.5 Å². The molecule has 152 valence electrons. The lowest BCUT2D eigenvalue weighted by atomic mass is 10.0. The van der Waals surface area contributed by atoms with Crippen LogP contribution in [0.2, 0.25) is 0 Å². The van der Waals surface area contributed by atoms with Gasteiger partial charge in [-0.05, 0) is 29.7 Å². The van der Waals surface area contributed by atoms with Crippen molar-refractivity contribution in [3.05, 3.63) is 65.7 Å². The van der Waals surface area contributed by atoms with E-state index in [1.807, 2.05) is 6.07 Å². The highest BCUT2D eigenvalue weighted by atomic mass is 32.2. The van der Waals surface area contributed by atoms with Gasteiger partial charge >= 0.3 is 6.18 Å². The third kappa shape index (κ3) is 5.80. The topological polar surface area (TPSA) is 75.3 Å². The van der Waals surface area contributed by atoms with Gasteiger partial charge in [-0.3, -0.25) is 4.79 Å². The number of halogens is 3. The summed E-state index contributed by atoms with van der Waals surface area (Å²) < 4.78 is 65.9. The van der Waals surface area contributed by atoms with Crippen LogP contribution < -0.4 is 10.0 Å². The van der Waals surface area contributed by atoms with E-state index in [1.54, 1.807) is 38.1 Å². The number of carbonyl (C=O) groups excluding carboxylic acids is 1. The van der Waals surface area contributed by atoms with Gasteiger partial charge in [0.25, 0.3) is 0 Å². The Bertz CT molecular complexity index is 914. The molecule has 1 atom stereocenters. The van der Waals surface area contributed by atoms with Gasteiger partial charge in [0.15, 0.2) is 0 Å². The van der Waals surface area contributed by atoms with Crippen molar-refractivity contribution in [1.29, 1.82) is 0 Å². The second kappa shape index (κ2) is 8.74. The Morgan fingerprint density at radius 1 is 1.04 bits per heavy atom. The Kier molecular flexibility index (Phi) is 6.84. The van der Waals surface area contributed by atoms with Crippen LogP contribution in [0.3, 0.4) is 0 Å². The first-order valence-electron chi connectivity index (χ1n) is 8.52. The Labute approximate surface area is 162 Å². The van der Waals surface area contributed by atoms with Crippen molar-refractivity contribution < 1.29 is 26.4 Å². The van der Waals surface area contributed by atoms with E-state index >= 15 is 0 Å². The number of hydrogen-bond donors (Lipinski definition) is 2. The summed E-state index contributed by atoms with van der Waals surface area (Å²) in [7, 11) is -4.33. The first kappa shape index (κ1) is 21.9. The summed E-state index contributed by atoms with van der Waals surface area (Å²) in [6.45, 7) is 3.48. The summed E-state index contributed by atoms with van der Waals surface area (Å²) in [5.74, 6) is -0.981. The number of amides is 1. The highest BCUT2D eigenvalue weighted by molar-refractivity contribution is 7.89. The molecule has 0 aliphatic carbocycles. The van der Waals surface area contributed by atoms with E-state index in [-0.39, 0.29) is 6.54 Å². The summed E-state index contributed by atoms with van der Waals surface area (Å²) in [6, 6.07) is 11.3. The van der Waals surface area contributed by atoms with Crippen molar-refractivity contribution in [2.45, 2.75) is 37.5 Å². The smallest absolute Gasteiger partial charge is 0.351 e. The lowest BCUT2D eigenvalue weighted by Gasteiger charge is -2.22. The second-order valence-corrected chi connectivity index (χ2v) is 8.29. The minimum absolute atomic E-state index is 0.203. The van der Waals surface area contributed by atoms with E-state index in [4.69, 9.17) is 0 Å². The van der Waals surface area contributed by atoms with E-state index in [1.165, 1.54) is 0 Å². The molecular weight excluding hydrogens is 393 g/mol. The molecule has 1 amide bonds. The SMILES string of the molecule is CC(C)[C@H](NS(=O)(=O)c1cccc(C(F)(F)F)c1)C(=O)NCc1ccccc1. The molecule has 0 aromatic heterocycles. The minimum atomic E-state index is -4.67. The maximum Gasteiger partial charge on any atom is 0.416 e. The highest BCUT2D eigenvalue weighted by Gasteiger charge is 2.33. The fraction of sp³-hybridized carbons (Fsp3) is 0.316. The molecule has 0 bridgehead atoms. The van der Waals surface area contributed by atoms with Crippen LogP contribution in [0.25, 0.3) is 0 Å². The van der Waals surface area contributed by atoms with Crippen LogP contribution >= 0.6 is 0 Å². The van der Waals surface area contributed by atoms with E-state index < -0.39 is 44.5 Å². The normalized spacial score (nSPS) is 13.4. The molecule has 2 N–H and O–H groups in total. The van der Waals surface area contributed by atoms with E-state index in [0.717, 1.165) is 23.8 Å². The summed E-state index contributed by atoms with van der Waals surface area (Å²) in [6.07, 6.45) is -4.67. The molecule has 0 radical (unpaired) electrons. The fourth-order valence-electron chi connectivity index (χ4n) is 2.46. The van der Waals surface area contributed by atoms with Crippen LogP contribution in [-0.4, -0.2) is 20.4 Å². The van der Waals surface area contributed by atoms with Crippen LogP contribution in [0.1, 0.15) is 25.0 Å². The van der Waals surface area contributed by atoms with Crippen LogP contribution in [0, 0.1) is 5.92 Å². The van der Waals surface area contributed by atoms with Gasteiger partial charge in [0, 0.05) is 6.54 Å². The van der Waals surface area contributed by atoms with Crippen molar-refractivity contribution in [1.82, 2.24) is 10.0 Å². The van der Waals surface area contributed by atoms with Gasteiger partial charge in [0.2, 0.25) is 15.9 Å². The predicted molar refractivity (Wildman–Crippen MR) is 98.7 cm³/mol. The average Bonchev–Trinajstić information content (AvgIpc) is 2.64. The van der Waals surface area contributed by atoms with Crippen molar-refractivity contribution in [3.8, 4) is 0 Å². The Morgan fingerprint density at radius 3 is 2.25 bits per heavy atom. The van der Waals surface area contributed by atoms with Gasteiger partial charge in [-0.1, -0.05) is 50.2 Å². The molecule has 5 nitrogen and oxygen atoms in total. The number of carbonyl (C=O) groups is 1. The molecule has 0 aliphatic rings. The molecule has 0 unspecified atom stereocenters. The van der Waals surface area contributed by atoms with E-state index in [0.29, 0.717) is 6.07 Å². The molecule has 0 saturated heterocycles. The molecule has 2 rings (SSSR count). The molecule has 9 heteroatoms. The standard InChI is InChI=1S/C19H21F3N2O3S/c1-13(2)17(18(25)23-12-14-7-4-3-5-8-14)24-28(26,27)16-10-6-9-15(11-16)19(20,21)22/h3-11,13,17,24H,12H2,1-2H3,(H,23,25)/t17-/m0/s1. The van der Waals surface area contributed by atoms with Crippen LogP contribution in [0.15, 0.2) is 59.5 Å². The third-order valence-electron chi connectivity index (χ3n) is 4.01. The maximum absolute atomic E-state index is 12.9. The first-order chi connectivity index (χ1) is 13.0. The molecule has 28 heavy (non-hydrogen) atoms. The summed E-state index contributed by atoms with van der Waals surface area (Å²) in [5, 5.41) is 2.64. The Hall–Kier alpha value is -2.39. The lowest BCUT2D eigenvalue weighted by molar-refractivity contribution is -0.137. The highest BCUT2D eigenvalue weighted by Crippen LogP contribution is 2.30. The van der Waals surface area contributed by atoms with Crippen molar-refractivity contribution in [2.24, 2.45) is 5.92 Å². The van der Waals surface area contributed by atoms with Gasteiger partial charge in [-0.2, -0.15) is 17.9 Å². The number of sulfonamides is 1. The van der Waals surface area contributed by atoms with E-state index in [2.05, 4.69) is 10.0 Å². The summed E-state index contributed by atoms with van der Waals surface area (Å²) in [5.41, 5.74) is -0.246. The number of nitrogens with one attached hydrogen (secondary N) is 2. The van der Waals surface area contributed by atoms with Gasteiger partial charge in [-0.25, -0.2) is 8.42 Å². The van der Waals surface area contributed by atoms with Gasteiger partial charge in [0.05, 0.1) is 10.5 Å². The van der Waals surface area contributed by atoms with Gasteiger partial charge in [0.1, 0.15) is 6.04 Å². The monoisotopic (exact) mass is 414 g/mol. The molecule has 0 fully saturated rings. The second-order valence-electron chi connectivity index (χ2n) is 6.57. The molecule has 2 aromatic rings. The third-order valence-corrected chi connectivity index (χ3v) is 5.45. The fourth-order valence-corrected chi connectivity index (χ4v) is 3.85. The van der Waals surface area contributed by atoms with Gasteiger partial charge in [-0.15, -0.1) is 0 Å². The molecule has 0 aliphatic heterocycles. The lowest BCUT2D eigenvalue weighted by Crippen LogP contribution is -2.49. The summed E-state index contributed by atoms with van der Waals surface area (Å²) in [4.78, 5) is 11.9. The zero-order valence-corrected chi connectivity index (χ0v) is 16.1. The molecule has 2 aromatic carbocycles. The van der Waals surface area contributed by atoms with Gasteiger partial charge < -0.3 is 5.32 Å². The predicted octanol–water partition coefficient (Wildman–Crippen LogP) is 3.32. The first-order valence-corrected chi connectivity index (χ1v) is 10.0. The number of benzene rings is 2. The zero-order valence-electron chi connectivity index (χ0n) is 15.3. The van der Waals surface area contributed by atoms with Crippen molar-refractivity contribution in [3.63, 3.8) is 0 Å². The summed E-state index contributed by atoms with van der Waals surface area (Å²) >= 11 is 0. The number of alkyl halides is 3. The molecule has 0 spiro atoms. The van der Waals surface area contributed by atoms with Crippen LogP contribution in [0.5, 0.6) is 0 Å².